The van der Waals surface area contributed by atoms with Crippen LogP contribution in [0.4, 0.5) is 6.01 Å². The zero-order valence-corrected chi connectivity index (χ0v) is 11.5. The molecule has 0 radical (unpaired) electrons. The lowest BCUT2D eigenvalue weighted by Gasteiger charge is -2.24. The van der Waals surface area contributed by atoms with E-state index in [0.29, 0.717) is 18.5 Å². The van der Waals surface area contributed by atoms with Crippen LogP contribution in [0, 0.1) is 6.92 Å². The molecule has 0 bridgehead atoms. The number of nitrogens with one attached hydrogen (secondary N) is 1. The average molecular weight is 274 g/mol. The van der Waals surface area contributed by atoms with Crippen molar-refractivity contribution in [1.29, 1.82) is 0 Å². The Morgan fingerprint density at radius 2 is 2.15 bits per heavy atom. The highest BCUT2D eigenvalue weighted by molar-refractivity contribution is 5.28. The summed E-state index contributed by atoms with van der Waals surface area (Å²) in [7, 11) is 0. The molecule has 1 saturated heterocycles. The van der Waals surface area contributed by atoms with Gasteiger partial charge < -0.3 is 19.4 Å². The SMILES string of the molecule is Cc1cccc(OCc2nnc(N3CCNCC3)o2)c1. The number of hydrogen-bond acceptors (Lipinski definition) is 6. The van der Waals surface area contributed by atoms with E-state index >= 15 is 0 Å². The van der Waals surface area contributed by atoms with Gasteiger partial charge in [-0.2, -0.15) is 0 Å². The van der Waals surface area contributed by atoms with Crippen LogP contribution in [0.5, 0.6) is 5.75 Å². The fourth-order valence-corrected chi connectivity index (χ4v) is 2.14. The number of ether oxygens (including phenoxy) is 1. The van der Waals surface area contributed by atoms with Crippen LogP contribution in [-0.4, -0.2) is 36.4 Å². The minimum Gasteiger partial charge on any atom is -0.484 e. The third kappa shape index (κ3) is 3.08. The van der Waals surface area contributed by atoms with Crippen molar-refractivity contribution in [3.63, 3.8) is 0 Å². The number of rotatable bonds is 4. The predicted molar refractivity (Wildman–Crippen MR) is 74.9 cm³/mol. The zero-order valence-electron chi connectivity index (χ0n) is 11.5. The molecule has 1 aliphatic heterocycles. The van der Waals surface area contributed by atoms with Crippen LogP contribution in [0.2, 0.25) is 0 Å². The molecule has 0 saturated carbocycles. The Bertz CT molecular complexity index is 564. The highest BCUT2D eigenvalue weighted by Crippen LogP contribution is 2.16. The van der Waals surface area contributed by atoms with Crippen LogP contribution in [0.3, 0.4) is 0 Å². The van der Waals surface area contributed by atoms with E-state index < -0.39 is 0 Å². The number of nitrogens with zero attached hydrogens (tertiary/aromatic N) is 3. The molecule has 1 aromatic heterocycles. The lowest BCUT2D eigenvalue weighted by Crippen LogP contribution is -2.43. The summed E-state index contributed by atoms with van der Waals surface area (Å²) in [5.41, 5.74) is 1.16. The normalized spacial score (nSPS) is 15.3. The molecule has 1 fully saturated rings. The molecule has 2 aromatic rings. The van der Waals surface area contributed by atoms with Crippen LogP contribution in [0.1, 0.15) is 11.5 Å². The Labute approximate surface area is 117 Å². The van der Waals surface area contributed by atoms with Gasteiger partial charge in [-0.25, -0.2) is 0 Å². The molecule has 0 unspecified atom stereocenters. The number of aryl methyl sites for hydroxylation is 1. The number of hydrogen-bond donors (Lipinski definition) is 1. The largest absolute Gasteiger partial charge is 0.484 e. The van der Waals surface area contributed by atoms with Crippen LogP contribution in [0.15, 0.2) is 28.7 Å². The zero-order chi connectivity index (χ0) is 13.8. The molecule has 1 aromatic carbocycles. The van der Waals surface area contributed by atoms with E-state index in [1.54, 1.807) is 0 Å². The molecular weight excluding hydrogens is 256 g/mol. The van der Waals surface area contributed by atoms with Crippen molar-refractivity contribution in [1.82, 2.24) is 15.5 Å². The Balaban J connectivity index is 1.59. The van der Waals surface area contributed by atoms with Crippen molar-refractivity contribution in [3.8, 4) is 5.75 Å². The summed E-state index contributed by atoms with van der Waals surface area (Å²) in [5.74, 6) is 1.31. The van der Waals surface area contributed by atoms with Crippen molar-refractivity contribution in [2.24, 2.45) is 0 Å². The molecular formula is C14H18N4O2. The standard InChI is InChI=1S/C14H18N4O2/c1-11-3-2-4-12(9-11)19-10-13-16-17-14(20-13)18-7-5-15-6-8-18/h2-4,9,15H,5-8,10H2,1H3. The van der Waals surface area contributed by atoms with Gasteiger partial charge >= 0.3 is 6.01 Å². The van der Waals surface area contributed by atoms with Gasteiger partial charge in [-0.15, -0.1) is 5.10 Å². The highest BCUT2D eigenvalue weighted by atomic mass is 16.5. The first-order valence-corrected chi connectivity index (χ1v) is 6.79. The maximum Gasteiger partial charge on any atom is 0.318 e. The topological polar surface area (TPSA) is 63.4 Å². The van der Waals surface area contributed by atoms with Gasteiger partial charge in [-0.1, -0.05) is 17.2 Å². The molecule has 106 valence electrons. The second-order valence-corrected chi connectivity index (χ2v) is 4.82. The second-order valence-electron chi connectivity index (χ2n) is 4.82. The Kier molecular flexibility index (Phi) is 3.83. The summed E-state index contributed by atoms with van der Waals surface area (Å²) < 4.78 is 11.3. The molecule has 0 aliphatic carbocycles. The Morgan fingerprint density at radius 1 is 1.30 bits per heavy atom. The van der Waals surface area contributed by atoms with Crippen LogP contribution in [-0.2, 0) is 6.61 Å². The fourth-order valence-electron chi connectivity index (χ4n) is 2.14. The number of piperazine rings is 1. The van der Waals surface area contributed by atoms with Crippen LogP contribution in [0.25, 0.3) is 0 Å². The third-order valence-electron chi connectivity index (χ3n) is 3.20. The molecule has 0 amide bonds. The molecule has 6 heteroatoms. The summed E-state index contributed by atoms with van der Waals surface area (Å²) in [4.78, 5) is 2.08. The van der Waals surface area contributed by atoms with E-state index in [2.05, 4.69) is 20.4 Å². The number of anilines is 1. The monoisotopic (exact) mass is 274 g/mol. The molecule has 0 spiro atoms. The third-order valence-corrected chi connectivity index (χ3v) is 3.20. The average Bonchev–Trinajstić information content (AvgIpc) is 2.95. The molecule has 1 aliphatic rings. The van der Waals surface area contributed by atoms with Gasteiger partial charge in [0.2, 0.25) is 0 Å². The first-order chi connectivity index (χ1) is 9.81. The van der Waals surface area contributed by atoms with E-state index in [0.717, 1.165) is 37.5 Å². The predicted octanol–water partition coefficient (Wildman–Crippen LogP) is 1.37. The van der Waals surface area contributed by atoms with E-state index in [1.807, 2.05) is 31.2 Å². The lowest BCUT2D eigenvalue weighted by molar-refractivity contribution is 0.263. The van der Waals surface area contributed by atoms with Crippen molar-refractivity contribution in [3.05, 3.63) is 35.7 Å². The number of aromatic nitrogens is 2. The highest BCUT2D eigenvalue weighted by Gasteiger charge is 2.16. The van der Waals surface area contributed by atoms with Gasteiger partial charge in [0, 0.05) is 26.2 Å². The van der Waals surface area contributed by atoms with Crippen molar-refractivity contribution >= 4 is 6.01 Å². The van der Waals surface area contributed by atoms with Crippen LogP contribution >= 0.6 is 0 Å². The minimum absolute atomic E-state index is 0.294. The summed E-state index contributed by atoms with van der Waals surface area (Å²) in [6, 6.07) is 8.47. The smallest absolute Gasteiger partial charge is 0.318 e. The van der Waals surface area contributed by atoms with Gasteiger partial charge in [-0.05, 0) is 24.6 Å². The summed E-state index contributed by atoms with van der Waals surface area (Å²) in [5, 5.41) is 11.4. The van der Waals surface area contributed by atoms with E-state index in [4.69, 9.17) is 9.15 Å². The minimum atomic E-state index is 0.294. The summed E-state index contributed by atoms with van der Waals surface area (Å²) in [6.07, 6.45) is 0. The molecule has 6 nitrogen and oxygen atoms in total. The Hall–Kier alpha value is -2.08. The molecule has 20 heavy (non-hydrogen) atoms. The maximum atomic E-state index is 5.65. The molecule has 0 atom stereocenters. The summed E-state index contributed by atoms with van der Waals surface area (Å²) in [6.45, 7) is 5.99. The first kappa shape index (κ1) is 12.9. The van der Waals surface area contributed by atoms with E-state index in [9.17, 15) is 0 Å². The number of benzene rings is 1. The van der Waals surface area contributed by atoms with Crippen molar-refractivity contribution < 1.29 is 9.15 Å². The summed E-state index contributed by atoms with van der Waals surface area (Å²) >= 11 is 0. The second kappa shape index (κ2) is 5.92. The molecule has 3 rings (SSSR count). The van der Waals surface area contributed by atoms with Gasteiger partial charge in [-0.3, -0.25) is 0 Å². The fraction of sp³-hybridized carbons (Fsp3) is 0.429. The van der Waals surface area contributed by atoms with Gasteiger partial charge in [0.05, 0.1) is 0 Å². The van der Waals surface area contributed by atoms with Crippen molar-refractivity contribution in [2.45, 2.75) is 13.5 Å². The first-order valence-electron chi connectivity index (χ1n) is 6.79. The molecule has 2 heterocycles. The lowest BCUT2D eigenvalue weighted by atomic mass is 10.2. The maximum absolute atomic E-state index is 5.65. The van der Waals surface area contributed by atoms with Crippen molar-refractivity contribution in [2.75, 3.05) is 31.1 Å². The van der Waals surface area contributed by atoms with Crippen LogP contribution < -0.4 is 15.0 Å². The van der Waals surface area contributed by atoms with E-state index in [1.165, 1.54) is 0 Å². The Morgan fingerprint density at radius 3 is 2.95 bits per heavy atom. The molecule has 1 N–H and O–H groups in total. The van der Waals surface area contributed by atoms with E-state index in [-0.39, 0.29) is 0 Å². The van der Waals surface area contributed by atoms with Gasteiger partial charge in [0.25, 0.3) is 5.89 Å². The quantitative estimate of drug-likeness (QED) is 0.908. The van der Waals surface area contributed by atoms with Gasteiger partial charge in [0.1, 0.15) is 5.75 Å². The van der Waals surface area contributed by atoms with Gasteiger partial charge in [0.15, 0.2) is 6.61 Å².